The fourth-order valence-electron chi connectivity index (χ4n) is 1.93. The number of carbonyl (C=O) groups excluding carboxylic acids is 1. The highest BCUT2D eigenvalue weighted by atomic mass is 35.5. The number of nitrogens with one attached hydrogen (secondary N) is 1. The second-order valence-corrected chi connectivity index (χ2v) is 6.28. The molecule has 2 rings (SSSR count). The number of pyridine rings is 1. The Morgan fingerprint density at radius 1 is 1.36 bits per heavy atom. The Hall–Kier alpha value is -2.07. The number of hydrogen-bond donors (Lipinski definition) is 1. The number of ether oxygens (including phenoxy) is 1. The van der Waals surface area contributed by atoms with Gasteiger partial charge in [0, 0.05) is 23.2 Å². The van der Waals surface area contributed by atoms with E-state index in [1.165, 1.54) is 0 Å². The molecule has 0 aliphatic heterocycles. The first-order valence-electron chi connectivity index (χ1n) is 7.03. The Morgan fingerprint density at radius 3 is 2.86 bits per heavy atom. The summed E-state index contributed by atoms with van der Waals surface area (Å²) in [6.07, 6.45) is 5.12. The lowest BCUT2D eigenvalue weighted by Gasteiger charge is -2.19. The molecule has 0 atom stereocenters. The van der Waals surface area contributed by atoms with Gasteiger partial charge in [0.2, 0.25) is 0 Å². The maximum atomic E-state index is 11.5. The number of nitrogens with zero attached hydrogens (tertiary/aromatic N) is 1. The topological polar surface area (TPSA) is 51.2 Å². The molecule has 116 valence electrons. The fraction of sp³-hybridized carbons (Fsp3) is 0.294. The van der Waals surface area contributed by atoms with Gasteiger partial charge < -0.3 is 10.1 Å². The standard InChI is InChI=1S/C17H19ClN2O2/c1-17(2,3)22-16(21)20-9-4-5-12-8-10-19-15-11-13(18)6-7-14(12)15/h4-8,10-11H,9H2,1-3H3,(H,20,21). The molecule has 22 heavy (non-hydrogen) atoms. The lowest BCUT2D eigenvalue weighted by molar-refractivity contribution is 0.0534. The second-order valence-electron chi connectivity index (χ2n) is 5.85. The van der Waals surface area contributed by atoms with Crippen molar-refractivity contribution >= 4 is 34.7 Å². The minimum absolute atomic E-state index is 0.395. The third-order valence-corrected chi connectivity index (χ3v) is 3.03. The number of hydrogen-bond acceptors (Lipinski definition) is 3. The van der Waals surface area contributed by atoms with Crippen molar-refractivity contribution in [1.29, 1.82) is 0 Å². The summed E-state index contributed by atoms with van der Waals surface area (Å²) < 4.78 is 5.16. The van der Waals surface area contributed by atoms with Crippen LogP contribution in [-0.4, -0.2) is 23.2 Å². The molecule has 0 aliphatic carbocycles. The summed E-state index contributed by atoms with van der Waals surface area (Å²) in [6, 6.07) is 7.51. The van der Waals surface area contributed by atoms with E-state index in [0.717, 1.165) is 16.5 Å². The summed E-state index contributed by atoms with van der Waals surface area (Å²) >= 11 is 5.97. The van der Waals surface area contributed by atoms with Crippen LogP contribution in [0.2, 0.25) is 5.02 Å². The van der Waals surface area contributed by atoms with Crippen LogP contribution in [0.1, 0.15) is 26.3 Å². The first-order chi connectivity index (χ1) is 10.3. The Kier molecular flexibility index (Phi) is 5.03. The number of alkyl carbamates (subject to hydrolysis) is 1. The van der Waals surface area contributed by atoms with Gasteiger partial charge in [-0.25, -0.2) is 4.79 Å². The summed E-state index contributed by atoms with van der Waals surface area (Å²) in [4.78, 5) is 15.8. The molecular formula is C17H19ClN2O2. The normalized spacial score (nSPS) is 11.8. The van der Waals surface area contributed by atoms with E-state index in [-0.39, 0.29) is 0 Å². The molecule has 1 N–H and O–H groups in total. The lowest BCUT2D eigenvalue weighted by Crippen LogP contribution is -2.32. The van der Waals surface area contributed by atoms with Crippen LogP contribution in [0.25, 0.3) is 17.0 Å². The molecule has 1 amide bonds. The average molecular weight is 319 g/mol. The molecule has 5 heteroatoms. The number of halogens is 1. The van der Waals surface area contributed by atoms with E-state index in [0.29, 0.717) is 11.6 Å². The van der Waals surface area contributed by atoms with Crippen molar-refractivity contribution in [2.75, 3.05) is 6.54 Å². The molecule has 4 nitrogen and oxygen atoms in total. The van der Waals surface area contributed by atoms with Gasteiger partial charge in [0.1, 0.15) is 5.60 Å². The number of rotatable bonds is 3. The van der Waals surface area contributed by atoms with E-state index in [1.54, 1.807) is 6.20 Å². The van der Waals surface area contributed by atoms with Crippen LogP contribution in [0.15, 0.2) is 36.5 Å². The van der Waals surface area contributed by atoms with E-state index >= 15 is 0 Å². The van der Waals surface area contributed by atoms with E-state index < -0.39 is 11.7 Å². The Labute approximate surface area is 135 Å². The third-order valence-electron chi connectivity index (χ3n) is 2.80. The van der Waals surface area contributed by atoms with Crippen molar-refractivity contribution in [3.05, 3.63) is 47.1 Å². The molecular weight excluding hydrogens is 300 g/mol. The molecule has 2 aromatic rings. The average Bonchev–Trinajstić information content (AvgIpc) is 2.41. The molecule has 0 unspecified atom stereocenters. The summed E-state index contributed by atoms with van der Waals surface area (Å²) in [5.74, 6) is 0. The third kappa shape index (κ3) is 4.74. The first-order valence-corrected chi connectivity index (χ1v) is 7.40. The number of amides is 1. The predicted octanol–water partition coefficient (Wildman–Crippen LogP) is 4.43. The van der Waals surface area contributed by atoms with Gasteiger partial charge in [-0.3, -0.25) is 4.98 Å². The van der Waals surface area contributed by atoms with Crippen molar-refractivity contribution in [3.8, 4) is 0 Å². The Balaban J connectivity index is 2.01. The molecule has 1 aromatic heterocycles. The van der Waals surface area contributed by atoms with Crippen LogP contribution >= 0.6 is 11.6 Å². The van der Waals surface area contributed by atoms with Gasteiger partial charge >= 0.3 is 6.09 Å². The maximum Gasteiger partial charge on any atom is 0.407 e. The second kappa shape index (κ2) is 6.79. The first kappa shape index (κ1) is 16.3. The van der Waals surface area contributed by atoms with Crippen molar-refractivity contribution in [1.82, 2.24) is 10.3 Å². The molecule has 0 fully saturated rings. The number of benzene rings is 1. The van der Waals surface area contributed by atoms with E-state index in [4.69, 9.17) is 16.3 Å². The van der Waals surface area contributed by atoms with Gasteiger partial charge in [-0.15, -0.1) is 0 Å². The number of carbonyl (C=O) groups is 1. The fourth-order valence-corrected chi connectivity index (χ4v) is 2.10. The molecule has 0 bridgehead atoms. The van der Waals surface area contributed by atoms with Crippen LogP contribution in [0.5, 0.6) is 0 Å². The van der Waals surface area contributed by atoms with E-state index in [9.17, 15) is 4.79 Å². The van der Waals surface area contributed by atoms with Gasteiger partial charge in [0.15, 0.2) is 0 Å². The van der Waals surface area contributed by atoms with Crippen LogP contribution in [0.4, 0.5) is 4.79 Å². The molecule has 0 spiro atoms. The minimum atomic E-state index is -0.492. The molecule has 1 aromatic carbocycles. The monoisotopic (exact) mass is 318 g/mol. The van der Waals surface area contributed by atoms with Gasteiger partial charge in [0.05, 0.1) is 5.52 Å². The molecule has 0 saturated heterocycles. The molecule has 1 heterocycles. The van der Waals surface area contributed by atoms with Crippen molar-refractivity contribution in [2.24, 2.45) is 0 Å². The van der Waals surface area contributed by atoms with Crippen molar-refractivity contribution in [2.45, 2.75) is 26.4 Å². The summed E-state index contributed by atoms with van der Waals surface area (Å²) in [5.41, 5.74) is 1.37. The van der Waals surface area contributed by atoms with Crippen molar-refractivity contribution < 1.29 is 9.53 Å². The summed E-state index contributed by atoms with van der Waals surface area (Å²) in [7, 11) is 0. The number of fused-ring (bicyclic) bond motifs is 1. The quantitative estimate of drug-likeness (QED) is 0.911. The van der Waals surface area contributed by atoms with Crippen LogP contribution in [0, 0.1) is 0 Å². The Bertz CT molecular complexity index is 705. The Morgan fingerprint density at radius 2 is 2.14 bits per heavy atom. The van der Waals surface area contributed by atoms with Gasteiger partial charge in [-0.2, -0.15) is 0 Å². The molecule has 0 saturated carbocycles. The van der Waals surface area contributed by atoms with E-state index in [2.05, 4.69) is 10.3 Å². The smallest absolute Gasteiger partial charge is 0.407 e. The van der Waals surface area contributed by atoms with Gasteiger partial charge in [-0.05, 0) is 44.5 Å². The number of aromatic nitrogens is 1. The lowest BCUT2D eigenvalue weighted by atomic mass is 10.1. The predicted molar refractivity (Wildman–Crippen MR) is 90.0 cm³/mol. The zero-order valence-corrected chi connectivity index (χ0v) is 13.6. The SMILES string of the molecule is CC(C)(C)OC(=O)NCC=Cc1ccnc2cc(Cl)ccc12. The van der Waals surface area contributed by atoms with Crippen LogP contribution < -0.4 is 5.32 Å². The highest BCUT2D eigenvalue weighted by Gasteiger charge is 2.14. The van der Waals surface area contributed by atoms with Gasteiger partial charge in [-0.1, -0.05) is 29.8 Å². The highest BCUT2D eigenvalue weighted by Crippen LogP contribution is 2.21. The minimum Gasteiger partial charge on any atom is -0.444 e. The summed E-state index contributed by atoms with van der Waals surface area (Å²) in [5, 5.41) is 4.36. The largest absolute Gasteiger partial charge is 0.444 e. The molecule has 0 radical (unpaired) electrons. The zero-order chi connectivity index (χ0) is 16.2. The van der Waals surface area contributed by atoms with Gasteiger partial charge in [0.25, 0.3) is 0 Å². The van der Waals surface area contributed by atoms with Crippen LogP contribution in [-0.2, 0) is 4.74 Å². The highest BCUT2D eigenvalue weighted by molar-refractivity contribution is 6.31. The van der Waals surface area contributed by atoms with Crippen molar-refractivity contribution in [3.63, 3.8) is 0 Å². The van der Waals surface area contributed by atoms with Crippen LogP contribution in [0.3, 0.4) is 0 Å². The zero-order valence-electron chi connectivity index (χ0n) is 12.9. The molecule has 0 aliphatic rings. The van der Waals surface area contributed by atoms with E-state index in [1.807, 2.05) is 57.2 Å². The maximum absolute atomic E-state index is 11.5. The summed E-state index contributed by atoms with van der Waals surface area (Å²) in [6.45, 7) is 5.89.